The van der Waals surface area contributed by atoms with E-state index < -0.39 is 5.97 Å². The van der Waals surface area contributed by atoms with Gasteiger partial charge in [0.15, 0.2) is 5.70 Å². The fourth-order valence-electron chi connectivity index (χ4n) is 12.5. The Labute approximate surface area is 563 Å². The first kappa shape index (κ1) is 65.3. The first-order valence-electron chi connectivity index (χ1n) is 31.5. The molecule has 8 aromatic carbocycles. The molecule has 6 aliphatic rings. The lowest BCUT2D eigenvalue weighted by Crippen LogP contribution is -2.45. The molecule has 1 aromatic heterocycles. The lowest BCUT2D eigenvalue weighted by Gasteiger charge is -2.29. The molecule has 0 aliphatic carbocycles. The highest BCUT2D eigenvalue weighted by molar-refractivity contribution is 7.96. The van der Waals surface area contributed by atoms with Crippen molar-refractivity contribution in [3.8, 4) is 22.4 Å². The van der Waals surface area contributed by atoms with Gasteiger partial charge in [-0.15, -0.1) is 11.6 Å². The second-order valence-corrected chi connectivity index (χ2v) is 24.3. The number of hydroxylamine groups is 2. The summed E-state index contributed by atoms with van der Waals surface area (Å²) in [5.41, 5.74) is 28.3. The number of aliphatic imine (C=N–C) groups is 3. The minimum atomic E-state index is -0.438. The molecule has 14 nitrogen and oxygen atoms in total. The Morgan fingerprint density at radius 2 is 0.830 bits per heavy atom. The van der Waals surface area contributed by atoms with E-state index in [-0.39, 0.29) is 49.5 Å². The van der Waals surface area contributed by atoms with Gasteiger partial charge in [-0.05, 0) is 77.3 Å². The Morgan fingerprint density at radius 1 is 0.457 bits per heavy atom. The molecule has 9 aromatic rings. The fourth-order valence-corrected chi connectivity index (χ4v) is 14.3. The molecule has 0 amide bonds. The minimum absolute atomic E-state index is 0.0643. The highest BCUT2D eigenvalue weighted by Gasteiger charge is 2.44. The molecule has 6 atom stereocenters. The summed E-state index contributed by atoms with van der Waals surface area (Å²) in [6, 6.07) is 81.7. The van der Waals surface area contributed by atoms with Gasteiger partial charge in [-0.3, -0.25) is 9.98 Å². The number of carbonyl (C=O) groups is 1. The molecule has 17 heteroatoms. The molecule has 3 saturated heterocycles. The number of aromatic nitrogens is 1. The Bertz CT molecular complexity index is 4130. The summed E-state index contributed by atoms with van der Waals surface area (Å²) in [5.74, 6) is -0.0391. The highest BCUT2D eigenvalue weighted by Crippen LogP contribution is 2.39. The maximum atomic E-state index is 12.7. The molecule has 7 N–H and O–H groups in total. The maximum Gasteiger partial charge on any atom is 0.357 e. The lowest BCUT2D eigenvalue weighted by molar-refractivity contribution is -0.138. The van der Waals surface area contributed by atoms with Crippen LogP contribution in [0.4, 0.5) is 0 Å². The van der Waals surface area contributed by atoms with E-state index in [1.807, 2.05) is 127 Å². The summed E-state index contributed by atoms with van der Waals surface area (Å²) >= 11 is 9.35. The second-order valence-electron chi connectivity index (χ2n) is 22.7. The standard InChI is InChI=1S/C20H19N3O3.C20H19NO.C19H19N3S.C18H16ClN3S/c1-2-25-20(24)18-15(13-9-5-3-6-10-13)17-19(23-26-22-17)16(21-18)14-11-7-4-8-12-14;1-14-15(2)20(17-11-7-4-8-12-17)21-18(13-22)19(14)16-9-5-3-6-10-16;1-2-15-16(13-9-5-3-6-10-13)18-19(22-23-21-18)17(20-15)14-11-7-4-8-12-14;19-11-14-15(12-7-3-1-4-8-12)17-18(22-23-21-17)16(20-14)13-9-5-2-6-10-13/h3-12,17,19,22-23H,2H2,1H3;3-12,22H,13H2,1-2H3;3-12,18-19,21-22H,2H2,1H3;1-10,17-18,21-22H,11H2. The SMILES string of the molecule is CCC1=C(c2ccccc2)C2NSNC2C(c2ccccc2)=N1.CCOC(=O)C1=C(c2ccccc2)C2NONC2C(c2ccccc2)=N1.Cc1c(-c2ccccc2)nc(CO)c(-c2ccccc2)c1C.ClCC1=C(c2ccccc2)C2NSNC2C(c2ccccc2)=N1. The largest absolute Gasteiger partial charge is 0.461 e. The number of benzene rings is 8. The highest BCUT2D eigenvalue weighted by atomic mass is 35.5. The topological polar surface area (TPSA) is 178 Å². The molecular formula is C77H73ClN10O4S2. The Morgan fingerprint density at radius 3 is 1.26 bits per heavy atom. The van der Waals surface area contributed by atoms with Crippen molar-refractivity contribution < 1.29 is 19.6 Å². The zero-order valence-corrected chi connectivity index (χ0v) is 54.9. The predicted octanol–water partition coefficient (Wildman–Crippen LogP) is 14.2. The number of nitrogens with one attached hydrogen (secondary N) is 6. The molecule has 7 heterocycles. The third-order valence-electron chi connectivity index (χ3n) is 17.0. The number of esters is 1. The van der Waals surface area contributed by atoms with Crippen LogP contribution in [0.2, 0.25) is 0 Å². The Hall–Kier alpha value is -8.72. The van der Waals surface area contributed by atoms with E-state index in [0.717, 1.165) is 85.2 Å². The number of nitrogens with zero attached hydrogens (tertiary/aromatic N) is 4. The van der Waals surface area contributed by atoms with Crippen molar-refractivity contribution in [3.63, 3.8) is 0 Å². The molecule has 6 unspecified atom stereocenters. The van der Waals surface area contributed by atoms with Crippen LogP contribution in [0.3, 0.4) is 0 Å². The zero-order valence-electron chi connectivity index (χ0n) is 52.5. The van der Waals surface area contributed by atoms with Crippen LogP contribution >= 0.6 is 35.9 Å². The van der Waals surface area contributed by atoms with Crippen molar-refractivity contribution in [1.82, 2.24) is 34.8 Å². The van der Waals surface area contributed by atoms with Crippen LogP contribution in [0.1, 0.15) is 70.5 Å². The van der Waals surface area contributed by atoms with Crippen molar-refractivity contribution in [2.75, 3.05) is 12.5 Å². The van der Waals surface area contributed by atoms with E-state index in [1.54, 1.807) is 19.1 Å². The number of hydrogen-bond donors (Lipinski definition) is 7. The number of rotatable bonds is 13. The van der Waals surface area contributed by atoms with Gasteiger partial charge in [0, 0.05) is 57.8 Å². The number of aliphatic hydroxyl groups is 1. The fraction of sp³-hybridized carbons (Fsp3) is 0.182. The predicted molar refractivity (Wildman–Crippen MR) is 385 cm³/mol. The van der Waals surface area contributed by atoms with E-state index in [4.69, 9.17) is 41.2 Å². The van der Waals surface area contributed by atoms with E-state index in [9.17, 15) is 9.90 Å². The van der Waals surface area contributed by atoms with Crippen LogP contribution < -0.4 is 29.8 Å². The van der Waals surface area contributed by atoms with Gasteiger partial charge < -0.3 is 9.84 Å². The number of aliphatic hydroxyl groups excluding tert-OH is 1. The third-order valence-corrected chi connectivity index (χ3v) is 18.8. The molecule has 0 saturated carbocycles. The van der Waals surface area contributed by atoms with Crippen molar-refractivity contribution in [1.29, 1.82) is 0 Å². The number of alkyl halides is 1. The number of pyridine rings is 1. The van der Waals surface area contributed by atoms with Crippen LogP contribution in [0.25, 0.3) is 39.1 Å². The van der Waals surface area contributed by atoms with E-state index in [2.05, 4.69) is 166 Å². The van der Waals surface area contributed by atoms with Crippen LogP contribution in [-0.4, -0.2) is 81.9 Å². The average molecular weight is 1300 g/mol. The van der Waals surface area contributed by atoms with Crippen LogP contribution in [0.5, 0.6) is 0 Å². The summed E-state index contributed by atoms with van der Waals surface area (Å²) < 4.78 is 19.2. The van der Waals surface area contributed by atoms with E-state index in [1.165, 1.54) is 51.2 Å². The second kappa shape index (κ2) is 31.5. The van der Waals surface area contributed by atoms with Crippen LogP contribution in [0.15, 0.2) is 275 Å². The summed E-state index contributed by atoms with van der Waals surface area (Å²) in [4.78, 5) is 37.4. The van der Waals surface area contributed by atoms with Gasteiger partial charge in [-0.1, -0.05) is 250 Å². The Balaban J connectivity index is 0.000000121. The Kier molecular flexibility index (Phi) is 21.9. The molecule has 6 aliphatic heterocycles. The number of allylic oxidation sites excluding steroid dienone is 2. The molecule has 15 rings (SSSR count). The van der Waals surface area contributed by atoms with Crippen molar-refractivity contribution >= 4 is 75.7 Å². The van der Waals surface area contributed by atoms with Gasteiger partial charge in [-0.2, -0.15) is 11.0 Å². The summed E-state index contributed by atoms with van der Waals surface area (Å²) in [6.45, 7) is 8.39. The zero-order chi connectivity index (χ0) is 64.8. The monoisotopic (exact) mass is 1300 g/mol. The number of hydrogen-bond acceptors (Lipinski definition) is 16. The van der Waals surface area contributed by atoms with Gasteiger partial charge in [-0.25, -0.2) is 38.6 Å². The van der Waals surface area contributed by atoms with Crippen LogP contribution in [-0.2, 0) is 21.1 Å². The summed E-state index contributed by atoms with van der Waals surface area (Å²) in [6.07, 6.45) is 0.927. The van der Waals surface area contributed by atoms with E-state index >= 15 is 0 Å². The number of halogens is 1. The molecule has 3 fully saturated rings. The van der Waals surface area contributed by atoms with Crippen molar-refractivity contribution in [3.05, 3.63) is 310 Å². The number of fused-ring (bicyclic) bond motifs is 3. The van der Waals surface area contributed by atoms with Gasteiger partial charge >= 0.3 is 5.97 Å². The van der Waals surface area contributed by atoms with E-state index in [0.29, 0.717) is 11.6 Å². The summed E-state index contributed by atoms with van der Waals surface area (Å²) in [5, 5.41) is 9.80. The van der Waals surface area contributed by atoms with Crippen molar-refractivity contribution in [2.45, 2.75) is 77.0 Å². The number of ether oxygens (including phenoxy) is 1. The third kappa shape index (κ3) is 14.3. The first-order valence-corrected chi connectivity index (χ1v) is 33.7. The molecule has 0 radical (unpaired) electrons. The van der Waals surface area contributed by atoms with Gasteiger partial charge in [0.25, 0.3) is 0 Å². The van der Waals surface area contributed by atoms with Gasteiger partial charge in [0.1, 0.15) is 0 Å². The molecule has 474 valence electrons. The lowest BCUT2D eigenvalue weighted by atomic mass is 9.85. The molecule has 94 heavy (non-hydrogen) atoms. The molecule has 0 bridgehead atoms. The quantitative estimate of drug-likeness (QED) is 0.0330. The van der Waals surface area contributed by atoms with Gasteiger partial charge in [0.2, 0.25) is 0 Å². The average Bonchev–Trinajstić information content (AvgIpc) is 1.33. The number of carbonyl (C=O) groups excluding carboxylic acids is 1. The van der Waals surface area contributed by atoms with Gasteiger partial charge in [0.05, 0.1) is 89.6 Å². The normalized spacial score (nSPS) is 20.1. The molecular weight excluding hydrogens is 1230 g/mol. The van der Waals surface area contributed by atoms with Crippen LogP contribution in [0, 0.1) is 13.8 Å². The molecule has 0 spiro atoms. The smallest absolute Gasteiger partial charge is 0.357 e. The maximum absolute atomic E-state index is 12.7. The summed E-state index contributed by atoms with van der Waals surface area (Å²) in [7, 11) is 0. The van der Waals surface area contributed by atoms with Crippen molar-refractivity contribution in [2.24, 2.45) is 15.0 Å². The first-order chi connectivity index (χ1) is 46.3. The minimum Gasteiger partial charge on any atom is -0.461 e.